The highest BCUT2D eigenvalue weighted by molar-refractivity contribution is 7.90. The molecule has 0 aromatic rings. The number of sulfone groups is 1. The van der Waals surface area contributed by atoms with Crippen molar-refractivity contribution in [1.29, 1.82) is 0 Å². The smallest absolute Gasteiger partial charge is 0.239 e. The predicted molar refractivity (Wildman–Crippen MR) is 59.8 cm³/mol. The number of aliphatic hydroxyl groups is 1. The maximum Gasteiger partial charge on any atom is 0.239 e. The molecule has 1 aliphatic heterocycles. The van der Waals surface area contributed by atoms with Crippen LogP contribution in [0.25, 0.3) is 0 Å². The van der Waals surface area contributed by atoms with Crippen molar-refractivity contribution in [2.75, 3.05) is 32.1 Å². The van der Waals surface area contributed by atoms with Crippen molar-refractivity contribution in [1.82, 2.24) is 10.2 Å². The summed E-state index contributed by atoms with van der Waals surface area (Å²) >= 11 is 0. The van der Waals surface area contributed by atoms with Gasteiger partial charge in [0, 0.05) is 26.4 Å². The van der Waals surface area contributed by atoms with Gasteiger partial charge in [-0.05, 0) is 6.42 Å². The number of nitrogens with one attached hydrogen (secondary N) is 1. The summed E-state index contributed by atoms with van der Waals surface area (Å²) in [4.78, 5) is 13.2. The van der Waals surface area contributed by atoms with E-state index in [0.717, 1.165) is 6.26 Å². The highest BCUT2D eigenvalue weighted by Gasteiger charge is 2.30. The van der Waals surface area contributed by atoms with Crippen LogP contribution >= 0.6 is 0 Å². The van der Waals surface area contributed by atoms with E-state index in [4.69, 9.17) is 0 Å². The Bertz CT molecular complexity index is 355. The molecule has 1 amide bonds. The summed E-state index contributed by atoms with van der Waals surface area (Å²) in [7, 11) is -1.48. The fourth-order valence-corrected chi connectivity index (χ4v) is 2.19. The number of aliphatic hydroxyl groups excluding tert-OH is 1. The summed E-state index contributed by atoms with van der Waals surface area (Å²) in [5.41, 5.74) is 0. The van der Waals surface area contributed by atoms with Gasteiger partial charge in [0.1, 0.15) is 9.84 Å². The Kier molecular flexibility index (Phi) is 4.28. The maximum absolute atomic E-state index is 11.8. The zero-order valence-electron chi connectivity index (χ0n) is 9.51. The molecule has 0 aromatic heterocycles. The van der Waals surface area contributed by atoms with Crippen molar-refractivity contribution < 1.29 is 18.3 Å². The van der Waals surface area contributed by atoms with E-state index in [1.807, 2.05) is 0 Å². The van der Waals surface area contributed by atoms with Crippen molar-refractivity contribution in [3.63, 3.8) is 0 Å². The minimum absolute atomic E-state index is 0.0372. The van der Waals surface area contributed by atoms with Gasteiger partial charge in [0.05, 0.1) is 17.9 Å². The predicted octanol–water partition coefficient (Wildman–Crippen LogP) is -1.79. The summed E-state index contributed by atoms with van der Waals surface area (Å²) in [6.07, 6.45) is 1.04. The minimum Gasteiger partial charge on any atom is -0.392 e. The van der Waals surface area contributed by atoms with Gasteiger partial charge in [-0.1, -0.05) is 0 Å². The van der Waals surface area contributed by atoms with Crippen LogP contribution in [-0.4, -0.2) is 68.6 Å². The van der Waals surface area contributed by atoms with Gasteiger partial charge in [-0.15, -0.1) is 0 Å². The molecule has 0 saturated carbocycles. The van der Waals surface area contributed by atoms with Crippen molar-refractivity contribution in [2.45, 2.75) is 18.6 Å². The fraction of sp³-hybridized carbons (Fsp3) is 0.889. The number of nitrogens with zero attached hydrogens (tertiary/aromatic N) is 1. The molecule has 16 heavy (non-hydrogen) atoms. The van der Waals surface area contributed by atoms with E-state index in [-0.39, 0.29) is 24.2 Å². The van der Waals surface area contributed by atoms with Gasteiger partial charge in [-0.25, -0.2) is 8.42 Å². The van der Waals surface area contributed by atoms with Gasteiger partial charge < -0.3 is 15.3 Å². The van der Waals surface area contributed by atoms with E-state index >= 15 is 0 Å². The molecule has 0 aliphatic carbocycles. The van der Waals surface area contributed by atoms with Crippen LogP contribution in [0.1, 0.15) is 6.42 Å². The van der Waals surface area contributed by atoms with Crippen LogP contribution in [0, 0.1) is 0 Å². The summed E-state index contributed by atoms with van der Waals surface area (Å²) in [5.74, 6) is -0.204. The van der Waals surface area contributed by atoms with Crippen molar-refractivity contribution >= 4 is 15.7 Å². The minimum atomic E-state index is -3.05. The molecule has 1 aliphatic rings. The van der Waals surface area contributed by atoms with E-state index in [9.17, 15) is 18.3 Å². The molecule has 1 saturated heterocycles. The van der Waals surface area contributed by atoms with Crippen LogP contribution in [0.2, 0.25) is 0 Å². The molecule has 1 fully saturated rings. The van der Waals surface area contributed by atoms with Crippen LogP contribution in [0.15, 0.2) is 0 Å². The topological polar surface area (TPSA) is 86.7 Å². The molecular formula is C9H18N2O4S. The Hall–Kier alpha value is -0.660. The molecule has 0 spiro atoms. The number of β-amino-alcohol motifs (C(OH)–C–C–N with tert-alkyl or cyclic N) is 1. The number of amides is 1. The molecule has 94 valence electrons. The first-order chi connectivity index (χ1) is 7.29. The monoisotopic (exact) mass is 250 g/mol. The SMILES string of the molecule is CN(CCS(C)(=O)=O)C(=O)C1CC(O)CN1. The molecule has 0 bridgehead atoms. The average Bonchev–Trinajstić information content (AvgIpc) is 2.59. The highest BCUT2D eigenvalue weighted by Crippen LogP contribution is 2.08. The fourth-order valence-electron chi connectivity index (χ4n) is 1.58. The number of carbonyl (C=O) groups is 1. The Morgan fingerprint density at radius 3 is 2.62 bits per heavy atom. The highest BCUT2D eigenvalue weighted by atomic mass is 32.2. The second kappa shape index (κ2) is 5.11. The normalized spacial score (nSPS) is 25.7. The number of likely N-dealkylation sites (N-methyl/N-ethyl adjacent to an activating group) is 1. The van der Waals surface area contributed by atoms with E-state index in [0.29, 0.717) is 13.0 Å². The molecule has 1 rings (SSSR count). The van der Waals surface area contributed by atoms with Gasteiger partial charge in [0.2, 0.25) is 5.91 Å². The Morgan fingerprint density at radius 1 is 1.56 bits per heavy atom. The molecule has 0 aromatic carbocycles. The lowest BCUT2D eigenvalue weighted by Crippen LogP contribution is -2.43. The number of rotatable bonds is 4. The van der Waals surface area contributed by atoms with Gasteiger partial charge in [0.15, 0.2) is 0 Å². The third-order valence-corrected chi connectivity index (χ3v) is 3.50. The summed E-state index contributed by atoms with van der Waals surface area (Å²) in [6.45, 7) is 0.599. The van der Waals surface area contributed by atoms with E-state index in [1.165, 1.54) is 4.90 Å². The van der Waals surface area contributed by atoms with Gasteiger partial charge in [0.25, 0.3) is 0 Å². The number of hydrogen-bond acceptors (Lipinski definition) is 5. The molecule has 2 unspecified atom stereocenters. The lowest BCUT2D eigenvalue weighted by molar-refractivity contribution is -0.131. The summed E-state index contributed by atoms with van der Waals surface area (Å²) in [5, 5.41) is 12.2. The van der Waals surface area contributed by atoms with Crippen LogP contribution in [0.5, 0.6) is 0 Å². The first-order valence-corrected chi connectivity index (χ1v) is 7.20. The van der Waals surface area contributed by atoms with E-state index in [1.54, 1.807) is 7.05 Å². The zero-order valence-corrected chi connectivity index (χ0v) is 10.3. The molecule has 1 heterocycles. The summed E-state index contributed by atoms with van der Waals surface area (Å²) in [6, 6.07) is -0.389. The molecule has 2 N–H and O–H groups in total. The van der Waals surface area contributed by atoms with Crippen LogP contribution < -0.4 is 5.32 Å². The molecular weight excluding hydrogens is 232 g/mol. The average molecular weight is 250 g/mol. The van der Waals surface area contributed by atoms with Crippen LogP contribution in [-0.2, 0) is 14.6 Å². The Labute approximate surface area is 95.5 Å². The molecule has 7 heteroatoms. The quantitative estimate of drug-likeness (QED) is 0.615. The second-order valence-corrected chi connectivity index (χ2v) is 6.50. The molecule has 6 nitrogen and oxygen atoms in total. The third-order valence-electron chi connectivity index (χ3n) is 2.58. The van der Waals surface area contributed by atoms with Crippen LogP contribution in [0.3, 0.4) is 0 Å². The zero-order chi connectivity index (χ0) is 12.3. The first kappa shape index (κ1) is 13.4. The Balaban J connectivity index is 2.42. The van der Waals surface area contributed by atoms with E-state index < -0.39 is 15.9 Å². The van der Waals surface area contributed by atoms with Crippen LogP contribution in [0.4, 0.5) is 0 Å². The first-order valence-electron chi connectivity index (χ1n) is 5.14. The molecule has 0 radical (unpaired) electrons. The lowest BCUT2D eigenvalue weighted by Gasteiger charge is -2.20. The lowest BCUT2D eigenvalue weighted by atomic mass is 10.2. The summed E-state index contributed by atoms with van der Waals surface area (Å²) < 4.78 is 21.9. The Morgan fingerprint density at radius 2 is 2.19 bits per heavy atom. The maximum atomic E-state index is 11.8. The number of hydrogen-bond donors (Lipinski definition) is 2. The number of carbonyl (C=O) groups excluding carboxylic acids is 1. The van der Waals surface area contributed by atoms with Crippen molar-refractivity contribution in [2.24, 2.45) is 0 Å². The second-order valence-electron chi connectivity index (χ2n) is 4.24. The van der Waals surface area contributed by atoms with Crippen molar-refractivity contribution in [3.8, 4) is 0 Å². The standard InChI is InChI=1S/C9H18N2O4S/c1-11(3-4-16(2,14)15)9(13)8-5-7(12)6-10-8/h7-8,10,12H,3-6H2,1-2H3. The molecule has 2 atom stereocenters. The largest absolute Gasteiger partial charge is 0.392 e. The van der Waals surface area contributed by atoms with Gasteiger partial charge in [-0.3, -0.25) is 4.79 Å². The van der Waals surface area contributed by atoms with Crippen molar-refractivity contribution in [3.05, 3.63) is 0 Å². The third kappa shape index (κ3) is 4.07. The van der Waals surface area contributed by atoms with Gasteiger partial charge >= 0.3 is 0 Å². The van der Waals surface area contributed by atoms with E-state index in [2.05, 4.69) is 5.32 Å². The van der Waals surface area contributed by atoms with Gasteiger partial charge in [-0.2, -0.15) is 0 Å².